The normalized spacial score (nSPS) is 19.7. The van der Waals surface area contributed by atoms with Crippen LogP contribution in [0.4, 0.5) is 0 Å². The molecule has 2 fully saturated rings. The predicted octanol–water partition coefficient (Wildman–Crippen LogP) is 2.32. The minimum atomic E-state index is -0.0493. The Labute approximate surface area is 131 Å². The van der Waals surface area contributed by atoms with E-state index in [2.05, 4.69) is 0 Å². The lowest BCUT2D eigenvalue weighted by molar-refractivity contribution is -0.135. The van der Waals surface area contributed by atoms with Gasteiger partial charge in [-0.2, -0.15) is 0 Å². The molecule has 3 heterocycles. The number of nitrogens with zero attached hydrogens (tertiary/aromatic N) is 2. The van der Waals surface area contributed by atoms with Crippen LogP contribution in [0.15, 0.2) is 16.5 Å². The van der Waals surface area contributed by atoms with Crippen LogP contribution in [-0.2, 0) is 11.2 Å². The number of hydrogen-bond acceptors (Lipinski definition) is 3. The fourth-order valence-corrected chi connectivity index (χ4v) is 3.36. The van der Waals surface area contributed by atoms with E-state index >= 15 is 0 Å². The summed E-state index contributed by atoms with van der Waals surface area (Å²) >= 11 is 0. The van der Waals surface area contributed by atoms with E-state index in [4.69, 9.17) is 4.42 Å². The molecule has 0 atom stereocenters. The molecule has 0 unspecified atom stereocenters. The average molecular weight is 304 g/mol. The van der Waals surface area contributed by atoms with Crippen molar-refractivity contribution in [2.24, 2.45) is 5.92 Å². The van der Waals surface area contributed by atoms with Gasteiger partial charge in [0.25, 0.3) is 5.91 Å². The topological polar surface area (TPSA) is 53.8 Å². The molecule has 1 aromatic rings. The minimum absolute atomic E-state index is 0.0493. The monoisotopic (exact) mass is 304 g/mol. The molecule has 3 rings (SSSR count). The maximum absolute atomic E-state index is 12.4. The van der Waals surface area contributed by atoms with Gasteiger partial charge in [-0.05, 0) is 37.8 Å². The molecule has 0 aliphatic carbocycles. The predicted molar refractivity (Wildman–Crippen MR) is 82.5 cm³/mol. The molecule has 22 heavy (non-hydrogen) atoms. The lowest BCUT2D eigenvalue weighted by Gasteiger charge is -2.32. The van der Waals surface area contributed by atoms with Gasteiger partial charge in [0.05, 0.1) is 0 Å². The molecule has 120 valence electrons. The second kappa shape index (κ2) is 6.55. The summed E-state index contributed by atoms with van der Waals surface area (Å²) in [7, 11) is 0. The average Bonchev–Trinajstić information content (AvgIpc) is 3.25. The molecule has 2 aliphatic rings. The minimum Gasteiger partial charge on any atom is -0.456 e. The van der Waals surface area contributed by atoms with E-state index in [1.807, 2.05) is 22.8 Å². The summed E-state index contributed by atoms with van der Waals surface area (Å²) in [5.41, 5.74) is 0. The van der Waals surface area contributed by atoms with Crippen molar-refractivity contribution in [1.29, 1.82) is 0 Å². The van der Waals surface area contributed by atoms with Crippen molar-refractivity contribution in [2.75, 3.05) is 26.2 Å². The highest BCUT2D eigenvalue weighted by atomic mass is 16.4. The van der Waals surface area contributed by atoms with Crippen molar-refractivity contribution in [3.63, 3.8) is 0 Å². The van der Waals surface area contributed by atoms with Crippen molar-refractivity contribution < 1.29 is 14.0 Å². The molecule has 0 saturated carbocycles. The molecule has 2 amide bonds. The second-order valence-electron chi connectivity index (χ2n) is 6.22. The maximum Gasteiger partial charge on any atom is 0.289 e. The van der Waals surface area contributed by atoms with E-state index < -0.39 is 0 Å². The highest BCUT2D eigenvalue weighted by Gasteiger charge is 2.32. The number of rotatable bonds is 3. The van der Waals surface area contributed by atoms with E-state index in [1.165, 1.54) is 0 Å². The number of carbonyl (C=O) groups excluding carboxylic acids is 2. The van der Waals surface area contributed by atoms with Gasteiger partial charge in [0.2, 0.25) is 5.91 Å². The molecular weight excluding hydrogens is 280 g/mol. The fourth-order valence-electron chi connectivity index (χ4n) is 3.36. The van der Waals surface area contributed by atoms with Gasteiger partial charge in [-0.3, -0.25) is 9.59 Å². The molecular formula is C17H24N2O3. The lowest BCUT2D eigenvalue weighted by Crippen LogP contribution is -2.43. The zero-order valence-corrected chi connectivity index (χ0v) is 13.2. The second-order valence-corrected chi connectivity index (χ2v) is 6.22. The summed E-state index contributed by atoms with van der Waals surface area (Å²) in [5, 5.41) is 0. The van der Waals surface area contributed by atoms with Gasteiger partial charge in [-0.1, -0.05) is 6.92 Å². The SMILES string of the molecule is CCc1ccc(C(=O)N2CCC(C(=O)N3CCCC3)CC2)o1. The third-order valence-electron chi connectivity index (χ3n) is 4.77. The quantitative estimate of drug-likeness (QED) is 0.861. The van der Waals surface area contributed by atoms with Crippen molar-refractivity contribution in [3.8, 4) is 0 Å². The first kappa shape index (κ1) is 15.1. The van der Waals surface area contributed by atoms with Crippen LogP contribution < -0.4 is 0 Å². The Bertz CT molecular complexity index is 538. The summed E-state index contributed by atoms with van der Waals surface area (Å²) < 4.78 is 5.54. The number of amides is 2. The molecule has 0 N–H and O–H groups in total. The standard InChI is InChI=1S/C17H24N2O3/c1-2-14-5-6-15(22-14)17(21)19-11-7-13(8-12-19)16(20)18-9-3-4-10-18/h5-6,13H,2-4,7-12H2,1H3. The first-order valence-corrected chi connectivity index (χ1v) is 8.36. The number of aryl methyl sites for hydroxylation is 1. The van der Waals surface area contributed by atoms with Crippen LogP contribution in [0.3, 0.4) is 0 Å². The molecule has 0 bridgehead atoms. The summed E-state index contributed by atoms with van der Waals surface area (Å²) in [6.07, 6.45) is 4.58. The van der Waals surface area contributed by atoms with E-state index in [0.717, 1.165) is 51.0 Å². The van der Waals surface area contributed by atoms with Gasteiger partial charge < -0.3 is 14.2 Å². The Morgan fingerprint density at radius 3 is 2.36 bits per heavy atom. The molecule has 0 radical (unpaired) electrons. The van der Waals surface area contributed by atoms with Gasteiger partial charge in [0.15, 0.2) is 5.76 Å². The number of likely N-dealkylation sites (tertiary alicyclic amines) is 2. The molecule has 5 nitrogen and oxygen atoms in total. The molecule has 0 aromatic carbocycles. The molecule has 2 aliphatic heterocycles. The highest BCUT2D eigenvalue weighted by molar-refractivity contribution is 5.91. The van der Waals surface area contributed by atoms with E-state index in [1.54, 1.807) is 6.07 Å². The summed E-state index contributed by atoms with van der Waals surface area (Å²) in [5.74, 6) is 1.58. The van der Waals surface area contributed by atoms with Gasteiger partial charge in [-0.15, -0.1) is 0 Å². The highest BCUT2D eigenvalue weighted by Crippen LogP contribution is 2.23. The van der Waals surface area contributed by atoms with Crippen molar-refractivity contribution in [2.45, 2.75) is 39.0 Å². The van der Waals surface area contributed by atoms with Crippen LogP contribution in [0.5, 0.6) is 0 Å². The van der Waals surface area contributed by atoms with Gasteiger partial charge >= 0.3 is 0 Å². The lowest BCUT2D eigenvalue weighted by atomic mass is 9.95. The number of furan rings is 1. The Morgan fingerprint density at radius 1 is 1.09 bits per heavy atom. The van der Waals surface area contributed by atoms with Crippen LogP contribution in [0, 0.1) is 5.92 Å². The van der Waals surface area contributed by atoms with Gasteiger partial charge in [-0.25, -0.2) is 0 Å². The maximum atomic E-state index is 12.4. The van der Waals surface area contributed by atoms with Crippen LogP contribution in [0.25, 0.3) is 0 Å². The van der Waals surface area contributed by atoms with Gasteiger partial charge in [0.1, 0.15) is 5.76 Å². The Kier molecular flexibility index (Phi) is 4.50. The first-order valence-electron chi connectivity index (χ1n) is 8.36. The third-order valence-corrected chi connectivity index (χ3v) is 4.77. The number of piperidine rings is 1. The largest absolute Gasteiger partial charge is 0.456 e. The summed E-state index contributed by atoms with van der Waals surface area (Å²) in [4.78, 5) is 28.6. The van der Waals surface area contributed by atoms with E-state index in [0.29, 0.717) is 18.8 Å². The Hall–Kier alpha value is -1.78. The zero-order chi connectivity index (χ0) is 15.5. The van der Waals surface area contributed by atoms with Gasteiger partial charge in [0, 0.05) is 38.5 Å². The van der Waals surface area contributed by atoms with Crippen LogP contribution in [-0.4, -0.2) is 47.8 Å². The van der Waals surface area contributed by atoms with Crippen LogP contribution >= 0.6 is 0 Å². The van der Waals surface area contributed by atoms with E-state index in [9.17, 15) is 9.59 Å². The molecule has 5 heteroatoms. The third kappa shape index (κ3) is 3.03. The van der Waals surface area contributed by atoms with E-state index in [-0.39, 0.29) is 17.7 Å². The molecule has 1 aromatic heterocycles. The fraction of sp³-hybridized carbons (Fsp3) is 0.647. The molecule has 2 saturated heterocycles. The first-order chi connectivity index (χ1) is 10.7. The number of hydrogen-bond donors (Lipinski definition) is 0. The van der Waals surface area contributed by atoms with Crippen LogP contribution in [0.1, 0.15) is 48.9 Å². The number of carbonyl (C=O) groups is 2. The van der Waals surface area contributed by atoms with Crippen LogP contribution in [0.2, 0.25) is 0 Å². The zero-order valence-electron chi connectivity index (χ0n) is 13.2. The Morgan fingerprint density at radius 2 is 1.77 bits per heavy atom. The van der Waals surface area contributed by atoms with Crippen molar-refractivity contribution in [3.05, 3.63) is 23.7 Å². The smallest absolute Gasteiger partial charge is 0.289 e. The summed E-state index contributed by atoms with van der Waals surface area (Å²) in [6.45, 7) is 5.10. The Balaban J connectivity index is 1.54. The van der Waals surface area contributed by atoms with Crippen molar-refractivity contribution in [1.82, 2.24) is 9.80 Å². The van der Waals surface area contributed by atoms with Crippen molar-refractivity contribution >= 4 is 11.8 Å². The molecule has 0 spiro atoms. The summed E-state index contributed by atoms with van der Waals surface area (Å²) in [6, 6.07) is 3.61.